The van der Waals surface area contributed by atoms with Crippen LogP contribution in [0.25, 0.3) is 0 Å². The van der Waals surface area contributed by atoms with E-state index in [1.165, 1.54) is 12.7 Å². The molecule has 0 saturated heterocycles. The highest BCUT2D eigenvalue weighted by Crippen LogP contribution is 2.46. The maximum atomic E-state index is 6.01. The Morgan fingerprint density at radius 2 is 2.20 bits per heavy atom. The maximum absolute atomic E-state index is 6.01. The molecule has 1 saturated carbocycles. The fourth-order valence-corrected chi connectivity index (χ4v) is 1.97. The molecule has 1 N–H and O–H groups in total. The van der Waals surface area contributed by atoms with Crippen LogP contribution in [0.2, 0.25) is 5.15 Å². The molecular weight excluding hydrogens is 210 g/mol. The molecule has 1 aliphatic rings. The van der Waals surface area contributed by atoms with Crippen LogP contribution in [0.1, 0.15) is 32.8 Å². The largest absolute Gasteiger partial charge is 0.366 e. The molecule has 82 valence electrons. The van der Waals surface area contributed by atoms with Crippen molar-refractivity contribution in [1.82, 2.24) is 9.97 Å². The second kappa shape index (κ2) is 3.63. The molecule has 1 aliphatic carbocycles. The number of hydrogen-bond acceptors (Lipinski definition) is 3. The van der Waals surface area contributed by atoms with Crippen molar-refractivity contribution in [3.63, 3.8) is 0 Å². The average Bonchev–Trinajstić information content (AvgIpc) is 2.74. The molecule has 4 heteroatoms. The highest BCUT2D eigenvalue weighted by Gasteiger charge is 2.46. The van der Waals surface area contributed by atoms with Crippen molar-refractivity contribution in [3.05, 3.63) is 17.0 Å². The van der Waals surface area contributed by atoms with Crippen molar-refractivity contribution >= 4 is 17.4 Å². The summed E-state index contributed by atoms with van der Waals surface area (Å²) in [4.78, 5) is 8.24. The molecule has 1 unspecified atom stereocenters. The molecule has 0 aromatic carbocycles. The summed E-state index contributed by atoms with van der Waals surface area (Å²) in [5.41, 5.74) is 1.41. The average molecular weight is 226 g/mol. The number of rotatable bonds is 3. The van der Waals surface area contributed by atoms with Crippen LogP contribution in [-0.2, 0) is 6.42 Å². The van der Waals surface area contributed by atoms with Gasteiger partial charge < -0.3 is 5.32 Å². The Balaban J connectivity index is 2.18. The second-order valence-corrected chi connectivity index (χ2v) is 5.09. The Labute approximate surface area is 95.3 Å². The fourth-order valence-electron chi connectivity index (χ4n) is 1.71. The minimum absolute atomic E-state index is 0.391. The Hall–Kier alpha value is -0.830. The van der Waals surface area contributed by atoms with Gasteiger partial charge in [-0.05, 0) is 18.3 Å². The molecule has 1 aromatic heterocycles. The molecule has 1 atom stereocenters. The molecule has 0 bridgehead atoms. The van der Waals surface area contributed by atoms with Crippen molar-refractivity contribution in [2.24, 2.45) is 5.41 Å². The smallest absolute Gasteiger partial charge is 0.137 e. The number of nitrogens with one attached hydrogen (secondary N) is 1. The van der Waals surface area contributed by atoms with E-state index >= 15 is 0 Å². The van der Waals surface area contributed by atoms with Crippen LogP contribution in [0.3, 0.4) is 0 Å². The van der Waals surface area contributed by atoms with Gasteiger partial charge in [-0.25, -0.2) is 9.97 Å². The number of hydrogen-bond donors (Lipinski definition) is 1. The maximum Gasteiger partial charge on any atom is 0.137 e. The quantitative estimate of drug-likeness (QED) is 0.804. The summed E-state index contributed by atoms with van der Waals surface area (Å²) in [6, 6.07) is 0.522. The van der Waals surface area contributed by atoms with Crippen molar-refractivity contribution in [2.45, 2.75) is 39.7 Å². The van der Waals surface area contributed by atoms with Crippen molar-refractivity contribution < 1.29 is 0 Å². The predicted octanol–water partition coefficient (Wildman–Crippen LogP) is 2.90. The van der Waals surface area contributed by atoms with Gasteiger partial charge >= 0.3 is 0 Å². The molecule has 2 rings (SSSR count). The third kappa shape index (κ3) is 2.07. The van der Waals surface area contributed by atoms with Gasteiger partial charge in [-0.2, -0.15) is 0 Å². The summed E-state index contributed by atoms with van der Waals surface area (Å²) < 4.78 is 0. The summed E-state index contributed by atoms with van der Waals surface area (Å²) in [5.74, 6) is 0.896. The van der Waals surface area contributed by atoms with E-state index in [-0.39, 0.29) is 0 Å². The van der Waals surface area contributed by atoms with E-state index in [1.54, 1.807) is 0 Å². The van der Waals surface area contributed by atoms with Gasteiger partial charge in [0.2, 0.25) is 0 Å². The van der Waals surface area contributed by atoms with E-state index < -0.39 is 0 Å². The minimum atomic E-state index is 0.391. The Morgan fingerprint density at radius 3 is 2.73 bits per heavy atom. The zero-order valence-corrected chi connectivity index (χ0v) is 10.1. The molecule has 1 fully saturated rings. The number of anilines is 1. The summed E-state index contributed by atoms with van der Waals surface area (Å²) in [5, 5.41) is 3.99. The summed E-state index contributed by atoms with van der Waals surface area (Å²) in [6.45, 7) is 6.56. The van der Waals surface area contributed by atoms with Gasteiger partial charge in [0.05, 0.1) is 0 Å². The first-order valence-electron chi connectivity index (χ1n) is 5.30. The van der Waals surface area contributed by atoms with Crippen LogP contribution in [-0.4, -0.2) is 16.0 Å². The van der Waals surface area contributed by atoms with Gasteiger partial charge in [0.15, 0.2) is 0 Å². The first-order valence-corrected chi connectivity index (χ1v) is 5.68. The summed E-state index contributed by atoms with van der Waals surface area (Å²) in [6.07, 6.45) is 3.56. The van der Waals surface area contributed by atoms with Crippen LogP contribution in [0.15, 0.2) is 6.33 Å². The molecule has 1 heterocycles. The van der Waals surface area contributed by atoms with Crippen molar-refractivity contribution in [3.8, 4) is 0 Å². The first kappa shape index (κ1) is 10.7. The van der Waals surface area contributed by atoms with E-state index in [9.17, 15) is 0 Å². The van der Waals surface area contributed by atoms with E-state index in [2.05, 4.69) is 36.1 Å². The summed E-state index contributed by atoms with van der Waals surface area (Å²) >= 11 is 6.01. The zero-order valence-electron chi connectivity index (χ0n) is 9.34. The molecule has 0 aliphatic heterocycles. The van der Waals surface area contributed by atoms with Crippen LogP contribution >= 0.6 is 11.6 Å². The van der Waals surface area contributed by atoms with Gasteiger partial charge in [-0.3, -0.25) is 0 Å². The topological polar surface area (TPSA) is 37.8 Å². The van der Waals surface area contributed by atoms with Gasteiger partial charge in [-0.15, -0.1) is 0 Å². The fraction of sp³-hybridized carbons (Fsp3) is 0.636. The SMILES string of the molecule is CCc1c(Cl)ncnc1NC1CC1(C)C. The van der Waals surface area contributed by atoms with Gasteiger partial charge in [0.1, 0.15) is 17.3 Å². The Morgan fingerprint density at radius 1 is 1.53 bits per heavy atom. The van der Waals surface area contributed by atoms with Gasteiger partial charge in [0.25, 0.3) is 0 Å². The first-order chi connectivity index (χ1) is 7.04. The number of halogens is 1. The third-order valence-corrected chi connectivity index (χ3v) is 3.40. The van der Waals surface area contributed by atoms with E-state index in [1.807, 2.05) is 0 Å². The van der Waals surface area contributed by atoms with Gasteiger partial charge in [0, 0.05) is 11.6 Å². The monoisotopic (exact) mass is 225 g/mol. The zero-order chi connectivity index (χ0) is 11.1. The lowest BCUT2D eigenvalue weighted by Crippen LogP contribution is -2.12. The van der Waals surface area contributed by atoms with Crippen molar-refractivity contribution in [2.75, 3.05) is 5.32 Å². The predicted molar refractivity (Wildman–Crippen MR) is 62.2 cm³/mol. The lowest BCUT2D eigenvalue weighted by molar-refractivity contribution is 0.629. The van der Waals surface area contributed by atoms with Crippen LogP contribution in [0, 0.1) is 5.41 Å². The second-order valence-electron chi connectivity index (χ2n) is 4.73. The Bertz CT molecular complexity index is 376. The number of aromatic nitrogens is 2. The van der Waals surface area contributed by atoms with E-state index in [0.29, 0.717) is 16.6 Å². The van der Waals surface area contributed by atoms with Crippen molar-refractivity contribution in [1.29, 1.82) is 0 Å². The Kier molecular flexibility index (Phi) is 2.59. The summed E-state index contributed by atoms with van der Waals surface area (Å²) in [7, 11) is 0. The normalized spacial score (nSPS) is 22.5. The van der Waals surface area contributed by atoms with Crippen LogP contribution < -0.4 is 5.32 Å². The number of nitrogens with zero attached hydrogens (tertiary/aromatic N) is 2. The standard InChI is InChI=1S/C11H16ClN3/c1-4-7-9(12)13-6-14-10(7)15-8-5-11(8,2)3/h6,8H,4-5H2,1-3H3,(H,13,14,15). The van der Waals surface area contributed by atoms with E-state index in [0.717, 1.165) is 17.8 Å². The lowest BCUT2D eigenvalue weighted by atomic mass is 10.2. The molecule has 3 nitrogen and oxygen atoms in total. The highest BCUT2D eigenvalue weighted by molar-refractivity contribution is 6.30. The molecular formula is C11H16ClN3. The van der Waals surface area contributed by atoms with Crippen LogP contribution in [0.4, 0.5) is 5.82 Å². The minimum Gasteiger partial charge on any atom is -0.366 e. The van der Waals surface area contributed by atoms with Crippen LogP contribution in [0.5, 0.6) is 0 Å². The molecule has 0 radical (unpaired) electrons. The molecule has 0 amide bonds. The third-order valence-electron chi connectivity index (χ3n) is 3.07. The highest BCUT2D eigenvalue weighted by atomic mass is 35.5. The molecule has 0 spiro atoms. The van der Waals surface area contributed by atoms with E-state index in [4.69, 9.17) is 11.6 Å². The lowest BCUT2D eigenvalue weighted by Gasteiger charge is -2.11. The molecule has 15 heavy (non-hydrogen) atoms. The molecule has 1 aromatic rings. The van der Waals surface area contributed by atoms with Gasteiger partial charge in [-0.1, -0.05) is 32.4 Å².